The minimum absolute atomic E-state index is 0.00642. The maximum atomic E-state index is 12.1. The molecule has 0 aromatic rings. The zero-order valence-corrected chi connectivity index (χ0v) is 14.6. The molecule has 0 rings (SSSR count). The number of rotatable bonds is 13. The van der Waals surface area contributed by atoms with Gasteiger partial charge in [0.05, 0.1) is 6.54 Å². The topological polar surface area (TPSA) is 111 Å². The van der Waals surface area contributed by atoms with Gasteiger partial charge in [-0.3, -0.25) is 14.4 Å². The number of likely N-dealkylation sites (N-methyl/N-ethyl adjacent to an activating group) is 1. The highest BCUT2D eigenvalue weighted by Gasteiger charge is 2.20. The van der Waals surface area contributed by atoms with E-state index < -0.39 is 12.0 Å². The van der Waals surface area contributed by atoms with Crippen molar-refractivity contribution in [2.45, 2.75) is 44.7 Å². The lowest BCUT2D eigenvalue weighted by Gasteiger charge is -2.20. The Labute approximate surface area is 143 Å². The quantitative estimate of drug-likeness (QED) is 0.332. The van der Waals surface area contributed by atoms with E-state index >= 15 is 0 Å². The first kappa shape index (κ1) is 22.0. The number of nitrogens with one attached hydrogen (secondary N) is 2. The predicted molar refractivity (Wildman–Crippen MR) is 93.3 cm³/mol. The highest BCUT2D eigenvalue weighted by atomic mass is 16.5. The third kappa shape index (κ3) is 9.22. The molecule has 2 atom stereocenters. The minimum atomic E-state index is -0.558. The molecule has 0 aromatic heterocycles. The molecule has 0 saturated carbocycles. The summed E-state index contributed by atoms with van der Waals surface area (Å²) in [6.07, 6.45) is 2.71. The molecule has 0 heterocycles. The SMILES string of the molecule is C=CCOC(=O)C(CCC(=O)NC(CCC(=O)CN)C(=C)C)NC. The lowest BCUT2D eigenvalue weighted by molar-refractivity contribution is -0.145. The van der Waals surface area contributed by atoms with Crippen LogP contribution in [-0.4, -0.2) is 49.9 Å². The minimum Gasteiger partial charge on any atom is -0.460 e. The molecular formula is C17H29N3O4. The molecule has 4 N–H and O–H groups in total. The van der Waals surface area contributed by atoms with Gasteiger partial charge >= 0.3 is 5.97 Å². The standard InChI is InChI=1S/C17H29N3O4/c1-5-10-24-17(23)15(19-4)8-9-16(22)20-14(12(2)3)7-6-13(21)11-18/h5,14-15,19H,1-2,6-11,18H2,3-4H3,(H,20,22). The van der Waals surface area contributed by atoms with Crippen LogP contribution in [0, 0.1) is 0 Å². The van der Waals surface area contributed by atoms with Crippen molar-refractivity contribution >= 4 is 17.7 Å². The van der Waals surface area contributed by atoms with Gasteiger partial charge in [-0.05, 0) is 26.8 Å². The van der Waals surface area contributed by atoms with E-state index in [4.69, 9.17) is 10.5 Å². The molecule has 0 fully saturated rings. The van der Waals surface area contributed by atoms with Gasteiger partial charge in [0.1, 0.15) is 18.4 Å². The summed E-state index contributed by atoms with van der Waals surface area (Å²) in [6, 6.07) is -0.841. The van der Waals surface area contributed by atoms with Gasteiger partial charge in [0, 0.05) is 18.9 Å². The number of ether oxygens (including phenoxy) is 1. The van der Waals surface area contributed by atoms with E-state index in [1.165, 1.54) is 6.08 Å². The smallest absolute Gasteiger partial charge is 0.323 e. The van der Waals surface area contributed by atoms with Crippen LogP contribution in [0.3, 0.4) is 0 Å². The fourth-order valence-electron chi connectivity index (χ4n) is 2.01. The summed E-state index contributed by atoms with van der Waals surface area (Å²) < 4.78 is 4.96. The average molecular weight is 339 g/mol. The van der Waals surface area contributed by atoms with E-state index in [-0.39, 0.29) is 37.3 Å². The molecule has 0 aliphatic carbocycles. The van der Waals surface area contributed by atoms with Gasteiger partial charge in [-0.25, -0.2) is 0 Å². The Balaban J connectivity index is 4.40. The van der Waals surface area contributed by atoms with Gasteiger partial charge in [0.25, 0.3) is 0 Å². The van der Waals surface area contributed by atoms with Crippen molar-refractivity contribution in [3.63, 3.8) is 0 Å². The van der Waals surface area contributed by atoms with Crippen LogP contribution in [0.5, 0.6) is 0 Å². The van der Waals surface area contributed by atoms with E-state index in [2.05, 4.69) is 23.8 Å². The molecule has 0 saturated heterocycles. The molecule has 0 spiro atoms. The van der Waals surface area contributed by atoms with Crippen molar-refractivity contribution in [3.8, 4) is 0 Å². The highest BCUT2D eigenvalue weighted by Crippen LogP contribution is 2.08. The second kappa shape index (κ2) is 12.4. The number of Topliss-reactive ketones (excluding diaryl/α,β-unsaturated/α-hetero) is 1. The number of carbonyl (C=O) groups excluding carboxylic acids is 3. The van der Waals surface area contributed by atoms with Crippen molar-refractivity contribution in [1.82, 2.24) is 10.6 Å². The number of nitrogens with two attached hydrogens (primary N) is 1. The molecule has 0 aliphatic rings. The zero-order valence-electron chi connectivity index (χ0n) is 14.6. The number of hydrogen-bond donors (Lipinski definition) is 3. The average Bonchev–Trinajstić information content (AvgIpc) is 2.56. The second-order valence-electron chi connectivity index (χ2n) is 5.55. The van der Waals surface area contributed by atoms with E-state index in [0.717, 1.165) is 5.57 Å². The lowest BCUT2D eigenvalue weighted by Crippen LogP contribution is -2.39. The van der Waals surface area contributed by atoms with Gasteiger partial charge in [-0.1, -0.05) is 24.8 Å². The normalized spacial score (nSPS) is 12.8. The molecule has 0 aromatic carbocycles. The van der Waals surface area contributed by atoms with Crippen molar-refractivity contribution in [2.75, 3.05) is 20.2 Å². The molecule has 0 bridgehead atoms. The summed E-state index contributed by atoms with van der Waals surface area (Å²) in [5.41, 5.74) is 6.05. The first-order chi connectivity index (χ1) is 11.3. The number of ketones is 1. The summed E-state index contributed by atoms with van der Waals surface area (Å²) in [5, 5.41) is 5.65. The summed E-state index contributed by atoms with van der Waals surface area (Å²) in [4.78, 5) is 35.1. The van der Waals surface area contributed by atoms with Crippen LogP contribution >= 0.6 is 0 Å². The molecular weight excluding hydrogens is 310 g/mol. The monoisotopic (exact) mass is 339 g/mol. The van der Waals surface area contributed by atoms with Crippen molar-refractivity contribution in [2.24, 2.45) is 5.73 Å². The number of hydrogen-bond acceptors (Lipinski definition) is 6. The Morgan fingerprint density at radius 1 is 1.21 bits per heavy atom. The Morgan fingerprint density at radius 2 is 1.83 bits per heavy atom. The van der Waals surface area contributed by atoms with Crippen LogP contribution in [0.1, 0.15) is 32.6 Å². The van der Waals surface area contributed by atoms with Gasteiger partial charge in [0.15, 0.2) is 0 Å². The molecule has 2 unspecified atom stereocenters. The van der Waals surface area contributed by atoms with Crippen molar-refractivity contribution in [3.05, 3.63) is 24.8 Å². The predicted octanol–water partition coefficient (Wildman–Crippen LogP) is 0.453. The van der Waals surface area contributed by atoms with E-state index in [9.17, 15) is 14.4 Å². The molecule has 1 amide bonds. The van der Waals surface area contributed by atoms with Crippen LogP contribution in [0.4, 0.5) is 0 Å². The molecule has 7 nitrogen and oxygen atoms in total. The number of amides is 1. The zero-order chi connectivity index (χ0) is 18.5. The summed E-state index contributed by atoms with van der Waals surface area (Å²) >= 11 is 0. The Kier molecular flexibility index (Phi) is 11.4. The first-order valence-corrected chi connectivity index (χ1v) is 7.97. The van der Waals surface area contributed by atoms with Crippen LogP contribution in [0.2, 0.25) is 0 Å². The van der Waals surface area contributed by atoms with Crippen LogP contribution < -0.4 is 16.4 Å². The third-order valence-corrected chi connectivity index (χ3v) is 3.51. The summed E-state index contributed by atoms with van der Waals surface area (Å²) in [5.74, 6) is -0.689. The number of carbonyl (C=O) groups is 3. The maximum absolute atomic E-state index is 12.1. The molecule has 136 valence electrons. The third-order valence-electron chi connectivity index (χ3n) is 3.51. The Bertz CT molecular complexity index is 463. The van der Waals surface area contributed by atoms with Crippen LogP contribution in [0.15, 0.2) is 24.8 Å². The van der Waals surface area contributed by atoms with Gasteiger partial charge < -0.3 is 21.1 Å². The van der Waals surface area contributed by atoms with E-state index in [0.29, 0.717) is 19.3 Å². The Hall–Kier alpha value is -1.99. The van der Waals surface area contributed by atoms with Crippen LogP contribution in [0.25, 0.3) is 0 Å². The maximum Gasteiger partial charge on any atom is 0.323 e. The van der Waals surface area contributed by atoms with Gasteiger partial charge in [0.2, 0.25) is 5.91 Å². The highest BCUT2D eigenvalue weighted by molar-refractivity contribution is 5.81. The Morgan fingerprint density at radius 3 is 2.33 bits per heavy atom. The molecule has 24 heavy (non-hydrogen) atoms. The van der Waals surface area contributed by atoms with Crippen molar-refractivity contribution in [1.29, 1.82) is 0 Å². The van der Waals surface area contributed by atoms with Crippen molar-refractivity contribution < 1.29 is 19.1 Å². The van der Waals surface area contributed by atoms with E-state index in [1.807, 2.05) is 0 Å². The number of esters is 1. The fraction of sp³-hybridized carbons (Fsp3) is 0.588. The molecule has 0 radical (unpaired) electrons. The van der Waals surface area contributed by atoms with Crippen LogP contribution in [-0.2, 0) is 19.1 Å². The van der Waals surface area contributed by atoms with E-state index in [1.54, 1.807) is 14.0 Å². The molecule has 0 aliphatic heterocycles. The fourth-order valence-corrected chi connectivity index (χ4v) is 2.01. The van der Waals surface area contributed by atoms with Gasteiger partial charge in [-0.15, -0.1) is 0 Å². The summed E-state index contributed by atoms with van der Waals surface area (Å²) in [7, 11) is 1.63. The summed E-state index contributed by atoms with van der Waals surface area (Å²) in [6.45, 7) is 9.23. The lowest BCUT2D eigenvalue weighted by atomic mass is 10.0. The van der Waals surface area contributed by atoms with Gasteiger partial charge in [-0.2, -0.15) is 0 Å². The second-order valence-corrected chi connectivity index (χ2v) is 5.55. The first-order valence-electron chi connectivity index (χ1n) is 7.97. The largest absolute Gasteiger partial charge is 0.460 e. The molecule has 7 heteroatoms.